The summed E-state index contributed by atoms with van der Waals surface area (Å²) in [5.41, 5.74) is 5.87. The average Bonchev–Trinajstić information content (AvgIpc) is 3.68. The molecule has 0 unspecified atom stereocenters. The normalized spacial score (nSPS) is 13.5. The summed E-state index contributed by atoms with van der Waals surface area (Å²) in [5, 5.41) is 0. The predicted molar refractivity (Wildman–Crippen MR) is 177 cm³/mol. The Bertz CT molecular complexity index is 1140. The predicted octanol–water partition coefficient (Wildman–Crippen LogP) is 8.04. The Kier molecular flexibility index (Phi) is 20.2. The van der Waals surface area contributed by atoms with Crippen LogP contribution in [0.15, 0.2) is 115 Å². The molecule has 2 aromatic rings. The molecule has 2 N–H and O–H groups in total. The second kappa shape index (κ2) is 23.9. The molecule has 2 aliphatic carbocycles. The van der Waals surface area contributed by atoms with Crippen LogP contribution in [0.25, 0.3) is 12.2 Å². The van der Waals surface area contributed by atoms with Gasteiger partial charge >= 0.3 is 179 Å². The summed E-state index contributed by atoms with van der Waals surface area (Å²) in [7, 11) is 0. The van der Waals surface area contributed by atoms with Crippen LogP contribution < -0.4 is 8.05 Å². The Labute approximate surface area is 273 Å². The van der Waals surface area contributed by atoms with Crippen LogP contribution in [0.1, 0.15) is 76.3 Å². The molecule has 6 heteroatoms. The van der Waals surface area contributed by atoms with E-state index in [1.54, 1.807) is 11.1 Å². The summed E-state index contributed by atoms with van der Waals surface area (Å²) in [4.78, 5) is 18.9. The van der Waals surface area contributed by atoms with Gasteiger partial charge in [0.25, 0.3) is 0 Å². The zero-order valence-electron chi connectivity index (χ0n) is 25.2. The van der Waals surface area contributed by atoms with Crippen molar-refractivity contribution in [3.63, 3.8) is 0 Å². The first-order chi connectivity index (χ1) is 20.7. The monoisotopic (exact) mass is 696 g/mol. The van der Waals surface area contributed by atoms with Crippen molar-refractivity contribution < 1.29 is 32.8 Å². The molecule has 0 bridgehead atoms. The maximum absolute atomic E-state index is 9.46. The van der Waals surface area contributed by atoms with E-state index in [9.17, 15) is 9.59 Å². The van der Waals surface area contributed by atoms with Gasteiger partial charge in [-0.25, -0.2) is 0 Å². The summed E-state index contributed by atoms with van der Waals surface area (Å²) in [5.74, 6) is 0. The van der Waals surface area contributed by atoms with Crippen LogP contribution in [-0.2, 0) is 32.8 Å². The molecule has 4 rings (SSSR count). The molecule has 42 heavy (non-hydrogen) atoms. The molecule has 0 heterocycles. The number of amides is 2. The van der Waals surface area contributed by atoms with Gasteiger partial charge in [0.15, 0.2) is 0 Å². The molecule has 0 fully saturated rings. The third-order valence-corrected chi connectivity index (χ3v) is 12.2. The first-order valence-electron chi connectivity index (χ1n) is 15.0. The first kappa shape index (κ1) is 35.5. The Morgan fingerprint density at radius 1 is 0.690 bits per heavy atom. The molecule has 0 aromatic heterocycles. The van der Waals surface area contributed by atoms with Gasteiger partial charge in [-0.3, -0.25) is 0 Å². The van der Waals surface area contributed by atoms with E-state index >= 15 is 0 Å². The van der Waals surface area contributed by atoms with Crippen LogP contribution in [0.4, 0.5) is 0 Å². The number of carbonyl (C=O) groups excluding carboxylic acids is 2. The van der Waals surface area contributed by atoms with Gasteiger partial charge in [0.05, 0.1) is 0 Å². The minimum atomic E-state index is -1.18. The van der Waals surface area contributed by atoms with Crippen LogP contribution in [0.3, 0.4) is 0 Å². The topological polar surface area (TPSA) is 58.2 Å². The molecule has 0 radical (unpaired) electrons. The Hall–Kier alpha value is -2.66. The molecule has 0 spiro atoms. The van der Waals surface area contributed by atoms with Gasteiger partial charge in [0.2, 0.25) is 0 Å². The van der Waals surface area contributed by atoms with Gasteiger partial charge in [0.1, 0.15) is 0 Å². The summed E-state index contributed by atoms with van der Waals surface area (Å²) in [6, 6.07) is 20.6. The van der Waals surface area contributed by atoms with Gasteiger partial charge in [-0.2, -0.15) is 0 Å². The van der Waals surface area contributed by atoms with Crippen molar-refractivity contribution in [1.29, 1.82) is 0 Å². The zero-order valence-corrected chi connectivity index (χ0v) is 30.7. The Morgan fingerprint density at radius 3 is 1.50 bits per heavy atom. The summed E-state index contributed by atoms with van der Waals surface area (Å²) >= 11 is -1.65. The number of hydrogen-bond acceptors (Lipinski definition) is 2. The quantitative estimate of drug-likeness (QED) is 0.0857. The van der Waals surface area contributed by atoms with E-state index in [-0.39, 0.29) is 0 Å². The minimum absolute atomic E-state index is 0.463. The second-order valence-corrected chi connectivity index (χ2v) is 15.9. The van der Waals surface area contributed by atoms with Crippen molar-refractivity contribution >= 4 is 42.9 Å². The third kappa shape index (κ3) is 15.5. The van der Waals surface area contributed by atoms with Gasteiger partial charge < -0.3 is 0 Å². The summed E-state index contributed by atoms with van der Waals surface area (Å²) < 4.78 is 8.56. The number of nitrogens with one attached hydrogen (secondary N) is 2. The van der Waals surface area contributed by atoms with E-state index in [0.717, 1.165) is 0 Å². The molecule has 218 valence electrons. The van der Waals surface area contributed by atoms with Crippen molar-refractivity contribution in [1.82, 2.24) is 8.05 Å². The second-order valence-electron chi connectivity index (χ2n) is 9.91. The van der Waals surface area contributed by atoms with E-state index < -0.39 is 41.1 Å². The van der Waals surface area contributed by atoms with E-state index in [4.69, 9.17) is 0 Å². The fourth-order valence-corrected chi connectivity index (χ4v) is 8.74. The fraction of sp³-hybridized carbons (Fsp3) is 0.278. The van der Waals surface area contributed by atoms with Crippen LogP contribution >= 0.6 is 0 Å². The molecule has 2 aliphatic rings. The molecular formula is C36H45GaN2O2Zr. The van der Waals surface area contributed by atoms with E-state index in [2.05, 4.69) is 94.8 Å². The number of unbranched alkanes of at least 4 members (excludes halogenated alkanes) is 2. The van der Waals surface area contributed by atoms with Gasteiger partial charge in [-0.1, -0.05) is 85.0 Å². The fourth-order valence-electron chi connectivity index (χ4n) is 4.35. The maximum atomic E-state index is 9.46. The van der Waals surface area contributed by atoms with E-state index in [1.807, 2.05) is 43.0 Å². The number of rotatable bonds is 15. The van der Waals surface area contributed by atoms with Crippen LogP contribution in [0.5, 0.6) is 0 Å². The van der Waals surface area contributed by atoms with Crippen molar-refractivity contribution in [3.8, 4) is 0 Å². The average molecular weight is 699 g/mol. The summed E-state index contributed by atoms with van der Waals surface area (Å²) in [6.07, 6.45) is 29.7. The Morgan fingerprint density at radius 2 is 1.12 bits per heavy atom. The zero-order chi connectivity index (χ0) is 30.1. The standard InChI is InChI=1S/C16H14.2C9H13.2CH3NO.Ga.Zr.H/c1-3-9-15(10-4-1)13-7-8-14-16-11-5-2-6-12-16;2*1-2-3-6-9-7-4-5-8-9;2*2-1-3;;;/h1-14H;2*4,7H,2-3,5-6H2,1H3;2*1H,(H2,2,3);;;/q;;;;;+2;;/p-2. The van der Waals surface area contributed by atoms with Crippen LogP contribution in [0.2, 0.25) is 0 Å². The van der Waals surface area contributed by atoms with Gasteiger partial charge in [-0.15, -0.1) is 0 Å². The van der Waals surface area contributed by atoms with Crippen molar-refractivity contribution in [2.75, 3.05) is 0 Å². The molecular weight excluding hydrogens is 653 g/mol. The van der Waals surface area contributed by atoms with Crippen molar-refractivity contribution in [2.24, 2.45) is 0 Å². The SMILES string of the molecule is C(C=Cc1ccccc1)=Cc1ccccc1.CCCCC1=[C]([Zr][C]2=C(CCCC)C=CC2)CC=C1.O=C[NH][GaH][NH]C=O. The molecule has 0 atom stereocenters. The van der Waals surface area contributed by atoms with Crippen molar-refractivity contribution in [3.05, 3.63) is 126 Å². The molecule has 0 saturated heterocycles. The first-order valence-corrected chi connectivity index (χ1v) is 20.5. The number of allylic oxidation sites excluding steroid dienone is 10. The molecule has 2 aromatic carbocycles. The Balaban J connectivity index is 0.000000243. The summed E-state index contributed by atoms with van der Waals surface area (Å²) in [6.45, 7) is 4.59. The molecule has 0 saturated carbocycles. The van der Waals surface area contributed by atoms with Gasteiger partial charge in [-0.05, 0) is 11.1 Å². The van der Waals surface area contributed by atoms with Crippen LogP contribution in [0, 0.1) is 0 Å². The number of carbonyl (C=O) groups is 2. The van der Waals surface area contributed by atoms with Crippen LogP contribution in [-0.4, -0.2) is 30.7 Å². The molecule has 2 amide bonds. The number of hydrogen-bond donors (Lipinski definition) is 2. The van der Waals surface area contributed by atoms with E-state index in [1.165, 1.54) is 62.5 Å². The third-order valence-electron chi connectivity index (χ3n) is 6.62. The van der Waals surface area contributed by atoms with E-state index in [0.29, 0.717) is 12.8 Å². The van der Waals surface area contributed by atoms with Crippen molar-refractivity contribution in [2.45, 2.75) is 65.2 Å². The molecule has 0 aliphatic heterocycles. The molecule has 4 nitrogen and oxygen atoms in total. The number of benzene rings is 2. The van der Waals surface area contributed by atoms with Gasteiger partial charge in [0, 0.05) is 0 Å².